The standard InChI is InChI=1S/C20H22FN3O3S/c1-4-5-14-11-28-20(22-14)19(26)16-9-24(12-27-18(25)10-23(2)3)17-8-13(21)6-7-15(16)17/h6-9,11H,4-5,10,12H2,1-3H3. The van der Waals surface area contributed by atoms with Crippen LogP contribution < -0.4 is 0 Å². The van der Waals surface area contributed by atoms with Crippen LogP contribution in [0.2, 0.25) is 0 Å². The number of likely N-dealkylation sites (N-methyl/N-ethyl adjacent to an activating group) is 1. The smallest absolute Gasteiger partial charge is 0.321 e. The molecule has 0 aliphatic carbocycles. The van der Waals surface area contributed by atoms with Crippen LogP contribution in [0.15, 0.2) is 29.8 Å². The normalized spacial score (nSPS) is 11.3. The summed E-state index contributed by atoms with van der Waals surface area (Å²) < 4.78 is 20.6. The first kappa shape index (κ1) is 20.2. The van der Waals surface area contributed by atoms with Gasteiger partial charge in [-0.2, -0.15) is 0 Å². The van der Waals surface area contributed by atoms with E-state index in [1.165, 1.54) is 23.5 Å². The van der Waals surface area contributed by atoms with Crippen LogP contribution in [0.4, 0.5) is 4.39 Å². The zero-order valence-corrected chi connectivity index (χ0v) is 16.9. The van der Waals surface area contributed by atoms with Gasteiger partial charge in [0.2, 0.25) is 5.78 Å². The lowest BCUT2D eigenvalue weighted by Crippen LogP contribution is -2.24. The Morgan fingerprint density at radius 3 is 2.82 bits per heavy atom. The molecule has 0 saturated carbocycles. The van der Waals surface area contributed by atoms with Crippen molar-refractivity contribution < 1.29 is 18.7 Å². The Bertz CT molecular complexity index is 1010. The number of halogens is 1. The van der Waals surface area contributed by atoms with Crippen molar-refractivity contribution in [3.63, 3.8) is 0 Å². The van der Waals surface area contributed by atoms with Crippen LogP contribution in [0.25, 0.3) is 10.9 Å². The fourth-order valence-corrected chi connectivity index (χ4v) is 3.70. The number of carbonyl (C=O) groups excluding carboxylic acids is 2. The fraction of sp³-hybridized carbons (Fsp3) is 0.350. The maximum atomic E-state index is 13.8. The lowest BCUT2D eigenvalue weighted by atomic mass is 10.1. The van der Waals surface area contributed by atoms with Gasteiger partial charge in [-0.25, -0.2) is 9.37 Å². The Hall–Kier alpha value is -2.58. The Morgan fingerprint density at radius 1 is 1.32 bits per heavy atom. The monoisotopic (exact) mass is 403 g/mol. The van der Waals surface area contributed by atoms with Crippen molar-refractivity contribution in [3.05, 3.63) is 51.9 Å². The molecule has 0 saturated heterocycles. The molecule has 3 rings (SSSR count). The zero-order valence-electron chi connectivity index (χ0n) is 16.1. The number of carbonyl (C=O) groups is 2. The molecule has 6 nitrogen and oxygen atoms in total. The van der Waals surface area contributed by atoms with Crippen LogP contribution in [0.5, 0.6) is 0 Å². The summed E-state index contributed by atoms with van der Waals surface area (Å²) in [6.07, 6.45) is 3.36. The van der Waals surface area contributed by atoms with Crippen LogP contribution in [-0.4, -0.2) is 46.8 Å². The molecule has 0 atom stereocenters. The molecule has 2 aromatic heterocycles. The number of nitrogens with zero attached hydrogens (tertiary/aromatic N) is 3. The highest BCUT2D eigenvalue weighted by Gasteiger charge is 2.20. The summed E-state index contributed by atoms with van der Waals surface area (Å²) in [5.74, 6) is -1.05. The van der Waals surface area contributed by atoms with Crippen LogP contribution in [-0.2, 0) is 22.7 Å². The van der Waals surface area contributed by atoms with E-state index >= 15 is 0 Å². The summed E-state index contributed by atoms with van der Waals surface area (Å²) in [5.41, 5.74) is 1.80. The molecule has 0 bridgehead atoms. The number of hydrogen-bond acceptors (Lipinski definition) is 6. The van der Waals surface area contributed by atoms with Crippen LogP contribution in [0.3, 0.4) is 0 Å². The van der Waals surface area contributed by atoms with Crippen molar-refractivity contribution in [1.82, 2.24) is 14.5 Å². The summed E-state index contributed by atoms with van der Waals surface area (Å²) in [6, 6.07) is 4.21. The number of aromatic nitrogens is 2. The van der Waals surface area contributed by atoms with Crippen molar-refractivity contribution >= 4 is 34.0 Å². The number of aryl methyl sites for hydroxylation is 1. The largest absolute Gasteiger partial charge is 0.443 e. The Kier molecular flexibility index (Phi) is 6.21. The SMILES string of the molecule is CCCc1csc(C(=O)c2cn(COC(=O)CN(C)C)c3cc(F)ccc23)n1. The molecule has 0 radical (unpaired) electrons. The number of fused-ring (bicyclic) bond motifs is 1. The molecular formula is C20H22FN3O3S. The molecule has 0 fully saturated rings. The average Bonchev–Trinajstić information content (AvgIpc) is 3.24. The van der Waals surface area contributed by atoms with Crippen LogP contribution in [0.1, 0.15) is 34.4 Å². The maximum absolute atomic E-state index is 13.8. The molecule has 0 aliphatic heterocycles. The summed E-state index contributed by atoms with van der Waals surface area (Å²) in [7, 11) is 3.53. The van der Waals surface area contributed by atoms with E-state index in [0.717, 1.165) is 18.5 Å². The number of ether oxygens (including phenoxy) is 1. The molecule has 3 aromatic rings. The lowest BCUT2D eigenvalue weighted by molar-refractivity contribution is -0.147. The van der Waals surface area contributed by atoms with E-state index in [1.807, 2.05) is 5.38 Å². The Balaban J connectivity index is 1.92. The quantitative estimate of drug-likeness (QED) is 0.426. The van der Waals surface area contributed by atoms with Gasteiger partial charge >= 0.3 is 5.97 Å². The van der Waals surface area contributed by atoms with Gasteiger partial charge in [0.15, 0.2) is 11.7 Å². The number of rotatable bonds is 8. The van der Waals surface area contributed by atoms with E-state index in [0.29, 0.717) is 21.5 Å². The first-order chi connectivity index (χ1) is 13.4. The highest BCUT2D eigenvalue weighted by Crippen LogP contribution is 2.26. The average molecular weight is 403 g/mol. The number of thiazole rings is 1. The molecule has 0 N–H and O–H groups in total. The van der Waals surface area contributed by atoms with Gasteiger partial charge in [0.05, 0.1) is 23.3 Å². The number of hydrogen-bond donors (Lipinski definition) is 0. The molecule has 0 unspecified atom stereocenters. The van der Waals surface area contributed by atoms with Crippen molar-refractivity contribution in [2.24, 2.45) is 0 Å². The van der Waals surface area contributed by atoms with Gasteiger partial charge in [-0.1, -0.05) is 13.3 Å². The molecule has 0 amide bonds. The van der Waals surface area contributed by atoms with E-state index in [-0.39, 0.29) is 19.1 Å². The minimum Gasteiger partial charge on any atom is -0.443 e. The van der Waals surface area contributed by atoms with Gasteiger partial charge in [0, 0.05) is 17.0 Å². The van der Waals surface area contributed by atoms with Crippen molar-refractivity contribution in [2.45, 2.75) is 26.5 Å². The third-order valence-corrected chi connectivity index (χ3v) is 5.04. The molecule has 1 aromatic carbocycles. The van der Waals surface area contributed by atoms with Gasteiger partial charge in [-0.3, -0.25) is 14.5 Å². The summed E-state index contributed by atoms with van der Waals surface area (Å²) in [5, 5.41) is 2.89. The molecule has 0 aliphatic rings. The van der Waals surface area contributed by atoms with E-state index < -0.39 is 11.8 Å². The molecular weight excluding hydrogens is 381 g/mol. The second-order valence-corrected chi connectivity index (χ2v) is 7.64. The van der Waals surface area contributed by atoms with E-state index in [4.69, 9.17) is 4.74 Å². The van der Waals surface area contributed by atoms with E-state index in [2.05, 4.69) is 11.9 Å². The second-order valence-electron chi connectivity index (χ2n) is 6.78. The second kappa shape index (κ2) is 8.62. The number of benzene rings is 1. The minimum absolute atomic E-state index is 0.0984. The van der Waals surface area contributed by atoms with Crippen LogP contribution in [0, 0.1) is 5.82 Å². The predicted octanol–water partition coefficient (Wildman–Crippen LogP) is 3.48. The zero-order chi connectivity index (χ0) is 20.3. The van der Waals surface area contributed by atoms with Crippen molar-refractivity contribution in [1.29, 1.82) is 0 Å². The Labute approximate surface area is 166 Å². The predicted molar refractivity (Wildman–Crippen MR) is 106 cm³/mol. The summed E-state index contributed by atoms with van der Waals surface area (Å²) >= 11 is 1.30. The van der Waals surface area contributed by atoms with Gasteiger partial charge in [-0.15, -0.1) is 11.3 Å². The van der Waals surface area contributed by atoms with Crippen LogP contribution >= 0.6 is 11.3 Å². The van der Waals surface area contributed by atoms with Crippen molar-refractivity contribution in [3.8, 4) is 0 Å². The first-order valence-electron chi connectivity index (χ1n) is 8.97. The highest BCUT2D eigenvalue weighted by atomic mass is 32.1. The third-order valence-electron chi connectivity index (χ3n) is 4.15. The van der Waals surface area contributed by atoms with E-state index in [9.17, 15) is 14.0 Å². The lowest BCUT2D eigenvalue weighted by Gasteiger charge is -2.10. The first-order valence-corrected chi connectivity index (χ1v) is 9.85. The maximum Gasteiger partial charge on any atom is 0.321 e. The molecule has 148 valence electrons. The van der Waals surface area contributed by atoms with Crippen molar-refractivity contribution in [2.75, 3.05) is 20.6 Å². The summed E-state index contributed by atoms with van der Waals surface area (Å²) in [6.45, 7) is 2.10. The van der Waals surface area contributed by atoms with Gasteiger partial charge in [-0.05, 0) is 38.7 Å². The fourth-order valence-electron chi connectivity index (χ4n) is 2.90. The molecule has 28 heavy (non-hydrogen) atoms. The van der Waals surface area contributed by atoms with Gasteiger partial charge < -0.3 is 9.30 Å². The topological polar surface area (TPSA) is 64.4 Å². The highest BCUT2D eigenvalue weighted by molar-refractivity contribution is 7.12. The van der Waals surface area contributed by atoms with E-state index in [1.54, 1.807) is 35.8 Å². The van der Waals surface area contributed by atoms with Gasteiger partial charge in [0.1, 0.15) is 5.82 Å². The summed E-state index contributed by atoms with van der Waals surface area (Å²) in [4.78, 5) is 30.9. The molecule has 2 heterocycles. The van der Waals surface area contributed by atoms with Gasteiger partial charge in [0.25, 0.3) is 0 Å². The number of esters is 1. The third kappa shape index (κ3) is 4.45. The number of ketones is 1. The Morgan fingerprint density at radius 2 is 2.11 bits per heavy atom. The minimum atomic E-state index is -0.426. The molecule has 8 heteroatoms. The molecule has 0 spiro atoms.